The van der Waals surface area contributed by atoms with Gasteiger partial charge in [-0.05, 0) is 25.8 Å². The SMILES string of the molecule is CCCN1CCN(C(CN)CC(=O)NC2CC2)CC1. The van der Waals surface area contributed by atoms with E-state index in [4.69, 9.17) is 5.73 Å². The van der Waals surface area contributed by atoms with E-state index < -0.39 is 0 Å². The number of hydrogen-bond acceptors (Lipinski definition) is 4. The third-order valence-corrected chi connectivity index (χ3v) is 4.10. The molecule has 5 nitrogen and oxygen atoms in total. The monoisotopic (exact) mass is 268 g/mol. The highest BCUT2D eigenvalue weighted by Gasteiger charge is 2.27. The average Bonchev–Trinajstić information content (AvgIpc) is 3.21. The Morgan fingerprint density at radius 2 is 2.00 bits per heavy atom. The molecule has 1 aliphatic heterocycles. The number of hydrogen-bond donors (Lipinski definition) is 2. The van der Waals surface area contributed by atoms with E-state index in [-0.39, 0.29) is 11.9 Å². The molecule has 0 spiro atoms. The molecule has 3 N–H and O–H groups in total. The lowest BCUT2D eigenvalue weighted by molar-refractivity contribution is -0.122. The molecule has 110 valence electrons. The van der Waals surface area contributed by atoms with Gasteiger partial charge in [-0.15, -0.1) is 0 Å². The van der Waals surface area contributed by atoms with Crippen LogP contribution in [0.2, 0.25) is 0 Å². The number of amides is 1. The van der Waals surface area contributed by atoms with Gasteiger partial charge in [0.05, 0.1) is 0 Å². The van der Waals surface area contributed by atoms with Gasteiger partial charge in [0.2, 0.25) is 5.91 Å². The zero-order valence-corrected chi connectivity index (χ0v) is 12.1. The van der Waals surface area contributed by atoms with Crippen LogP contribution in [0.15, 0.2) is 0 Å². The molecule has 1 atom stereocenters. The van der Waals surface area contributed by atoms with Crippen molar-refractivity contribution < 1.29 is 4.79 Å². The van der Waals surface area contributed by atoms with Gasteiger partial charge in [-0.2, -0.15) is 0 Å². The normalized spacial score (nSPS) is 23.3. The van der Waals surface area contributed by atoms with Gasteiger partial charge in [0.1, 0.15) is 0 Å². The molecule has 1 saturated carbocycles. The topological polar surface area (TPSA) is 61.6 Å². The number of nitrogens with two attached hydrogens (primary N) is 1. The van der Waals surface area contributed by atoms with Crippen LogP contribution < -0.4 is 11.1 Å². The predicted octanol–water partition coefficient (Wildman–Crippen LogP) is 0.0100. The summed E-state index contributed by atoms with van der Waals surface area (Å²) in [5, 5.41) is 3.06. The molecule has 1 aliphatic carbocycles. The molecule has 19 heavy (non-hydrogen) atoms. The maximum absolute atomic E-state index is 11.9. The van der Waals surface area contributed by atoms with Crippen LogP contribution in [0.5, 0.6) is 0 Å². The number of nitrogens with one attached hydrogen (secondary N) is 1. The first-order chi connectivity index (χ1) is 9.22. The molecule has 0 aromatic heterocycles. The molecule has 1 heterocycles. The Bertz CT molecular complexity index is 285. The summed E-state index contributed by atoms with van der Waals surface area (Å²) < 4.78 is 0. The summed E-state index contributed by atoms with van der Waals surface area (Å²) in [6.07, 6.45) is 4.06. The zero-order chi connectivity index (χ0) is 13.7. The van der Waals surface area contributed by atoms with Gasteiger partial charge in [-0.3, -0.25) is 9.69 Å². The summed E-state index contributed by atoms with van der Waals surface area (Å²) in [4.78, 5) is 16.8. The van der Waals surface area contributed by atoms with Crippen LogP contribution in [0.4, 0.5) is 0 Å². The van der Waals surface area contributed by atoms with E-state index in [0.29, 0.717) is 19.0 Å². The lowest BCUT2D eigenvalue weighted by Gasteiger charge is -2.38. The van der Waals surface area contributed by atoms with Crippen molar-refractivity contribution in [2.24, 2.45) is 5.73 Å². The Kier molecular flexibility index (Phi) is 5.60. The van der Waals surface area contributed by atoms with Gasteiger partial charge in [-0.25, -0.2) is 0 Å². The minimum atomic E-state index is 0.175. The minimum absolute atomic E-state index is 0.175. The van der Waals surface area contributed by atoms with Crippen molar-refractivity contribution in [1.82, 2.24) is 15.1 Å². The summed E-state index contributed by atoms with van der Waals surface area (Å²) in [6, 6.07) is 0.662. The Morgan fingerprint density at radius 1 is 1.32 bits per heavy atom. The van der Waals surface area contributed by atoms with E-state index in [1.807, 2.05) is 0 Å². The van der Waals surface area contributed by atoms with Gasteiger partial charge in [0.25, 0.3) is 0 Å². The first-order valence-corrected chi connectivity index (χ1v) is 7.68. The second-order valence-electron chi connectivity index (χ2n) is 5.81. The molecule has 0 aromatic carbocycles. The van der Waals surface area contributed by atoms with E-state index in [9.17, 15) is 4.79 Å². The van der Waals surface area contributed by atoms with Gasteiger partial charge < -0.3 is 16.0 Å². The highest BCUT2D eigenvalue weighted by atomic mass is 16.1. The van der Waals surface area contributed by atoms with Crippen LogP contribution in [0.25, 0.3) is 0 Å². The molecular weight excluding hydrogens is 240 g/mol. The maximum Gasteiger partial charge on any atom is 0.221 e. The van der Waals surface area contributed by atoms with Gasteiger partial charge in [0.15, 0.2) is 0 Å². The molecule has 1 amide bonds. The van der Waals surface area contributed by atoms with Crippen molar-refractivity contribution in [2.75, 3.05) is 39.3 Å². The fourth-order valence-electron chi connectivity index (χ4n) is 2.76. The second kappa shape index (κ2) is 7.22. The van der Waals surface area contributed by atoms with E-state index in [2.05, 4.69) is 22.0 Å². The summed E-state index contributed by atoms with van der Waals surface area (Å²) in [6.45, 7) is 8.27. The zero-order valence-electron chi connectivity index (χ0n) is 12.1. The Balaban J connectivity index is 1.73. The number of rotatable bonds is 7. The molecule has 1 saturated heterocycles. The average molecular weight is 268 g/mol. The molecule has 5 heteroatoms. The highest BCUT2D eigenvalue weighted by Crippen LogP contribution is 2.19. The molecule has 0 bridgehead atoms. The van der Waals surface area contributed by atoms with Crippen molar-refractivity contribution in [3.63, 3.8) is 0 Å². The van der Waals surface area contributed by atoms with Crippen molar-refractivity contribution in [1.29, 1.82) is 0 Å². The van der Waals surface area contributed by atoms with Gasteiger partial charge >= 0.3 is 0 Å². The van der Waals surface area contributed by atoms with Crippen molar-refractivity contribution >= 4 is 5.91 Å². The van der Waals surface area contributed by atoms with Crippen LogP contribution in [0, 0.1) is 0 Å². The molecule has 1 unspecified atom stereocenters. The van der Waals surface area contributed by atoms with Crippen LogP contribution in [0.1, 0.15) is 32.6 Å². The van der Waals surface area contributed by atoms with E-state index in [0.717, 1.165) is 39.0 Å². The van der Waals surface area contributed by atoms with Crippen molar-refractivity contribution in [3.8, 4) is 0 Å². The Labute approximate surface area is 116 Å². The lowest BCUT2D eigenvalue weighted by atomic mass is 10.1. The Hall–Kier alpha value is -0.650. The largest absolute Gasteiger partial charge is 0.353 e. The molecular formula is C14H28N4O. The minimum Gasteiger partial charge on any atom is -0.353 e. The molecule has 0 radical (unpaired) electrons. The molecule has 2 aliphatic rings. The number of piperazine rings is 1. The molecule has 2 fully saturated rings. The fourth-order valence-corrected chi connectivity index (χ4v) is 2.76. The Morgan fingerprint density at radius 3 is 2.53 bits per heavy atom. The molecule has 0 aromatic rings. The number of carbonyl (C=O) groups is 1. The summed E-state index contributed by atoms with van der Waals surface area (Å²) in [5.74, 6) is 0.175. The standard InChI is InChI=1S/C14H28N4O/c1-2-5-17-6-8-18(9-7-17)13(11-15)10-14(19)16-12-3-4-12/h12-13H,2-11,15H2,1H3,(H,16,19). The van der Waals surface area contributed by atoms with Crippen LogP contribution >= 0.6 is 0 Å². The highest BCUT2D eigenvalue weighted by molar-refractivity contribution is 5.77. The first-order valence-electron chi connectivity index (χ1n) is 7.68. The predicted molar refractivity (Wildman–Crippen MR) is 76.9 cm³/mol. The summed E-state index contributed by atoms with van der Waals surface area (Å²) >= 11 is 0. The van der Waals surface area contributed by atoms with E-state index >= 15 is 0 Å². The van der Waals surface area contributed by atoms with E-state index in [1.54, 1.807) is 0 Å². The van der Waals surface area contributed by atoms with Gasteiger partial charge in [0, 0.05) is 51.2 Å². The third kappa shape index (κ3) is 4.75. The van der Waals surface area contributed by atoms with Gasteiger partial charge in [-0.1, -0.05) is 6.92 Å². The second-order valence-corrected chi connectivity index (χ2v) is 5.81. The fraction of sp³-hybridized carbons (Fsp3) is 0.929. The number of carbonyl (C=O) groups excluding carboxylic acids is 1. The summed E-state index contributed by atoms with van der Waals surface area (Å²) in [7, 11) is 0. The molecule has 2 rings (SSSR count). The van der Waals surface area contributed by atoms with Crippen LogP contribution in [-0.2, 0) is 4.79 Å². The van der Waals surface area contributed by atoms with Crippen molar-refractivity contribution in [3.05, 3.63) is 0 Å². The first kappa shape index (κ1) is 14.8. The lowest BCUT2D eigenvalue weighted by Crippen LogP contribution is -2.53. The summed E-state index contributed by atoms with van der Waals surface area (Å²) in [5.41, 5.74) is 5.86. The van der Waals surface area contributed by atoms with Crippen LogP contribution in [-0.4, -0.2) is 67.1 Å². The van der Waals surface area contributed by atoms with Crippen molar-refractivity contribution in [2.45, 2.75) is 44.7 Å². The smallest absolute Gasteiger partial charge is 0.221 e. The number of nitrogens with zero attached hydrogens (tertiary/aromatic N) is 2. The van der Waals surface area contributed by atoms with E-state index in [1.165, 1.54) is 13.0 Å². The quantitative estimate of drug-likeness (QED) is 0.683. The third-order valence-electron chi connectivity index (χ3n) is 4.10. The van der Waals surface area contributed by atoms with Crippen LogP contribution in [0.3, 0.4) is 0 Å². The maximum atomic E-state index is 11.9.